The number of aromatic nitrogens is 2. The van der Waals surface area contributed by atoms with E-state index in [-0.39, 0.29) is 16.4 Å². The maximum atomic E-state index is 13.6. The summed E-state index contributed by atoms with van der Waals surface area (Å²) in [6.45, 7) is 0. The van der Waals surface area contributed by atoms with Gasteiger partial charge in [0, 0.05) is 23.2 Å². The van der Waals surface area contributed by atoms with E-state index in [1.165, 1.54) is 7.11 Å². The number of esters is 1. The molecule has 0 atom stereocenters. The molecule has 0 spiro atoms. The second kappa shape index (κ2) is 6.81. The van der Waals surface area contributed by atoms with Gasteiger partial charge < -0.3 is 9.72 Å². The average molecular weight is 363 g/mol. The number of anilines is 1. The summed E-state index contributed by atoms with van der Waals surface area (Å²) in [7, 11) is 1.27. The van der Waals surface area contributed by atoms with Gasteiger partial charge in [0.2, 0.25) is 0 Å². The van der Waals surface area contributed by atoms with E-state index in [1.54, 1.807) is 17.6 Å². The molecule has 3 rings (SSSR count). The number of rotatable bonds is 4. The molecule has 0 radical (unpaired) electrons. The summed E-state index contributed by atoms with van der Waals surface area (Å²) in [5.74, 6) is -2.97. The van der Waals surface area contributed by atoms with E-state index in [4.69, 9.17) is 0 Å². The number of nitrogens with zero attached hydrogens (tertiary/aromatic N) is 1. The van der Waals surface area contributed by atoms with Crippen molar-refractivity contribution >= 4 is 28.3 Å². The van der Waals surface area contributed by atoms with E-state index in [9.17, 15) is 18.4 Å². The molecule has 128 valence electrons. The second-order valence-electron chi connectivity index (χ2n) is 4.91. The Bertz CT molecular complexity index is 952. The van der Waals surface area contributed by atoms with Crippen molar-refractivity contribution in [3.63, 3.8) is 0 Å². The van der Waals surface area contributed by atoms with Crippen LogP contribution in [-0.4, -0.2) is 29.0 Å². The summed E-state index contributed by atoms with van der Waals surface area (Å²) >= 11 is 1.13. The van der Waals surface area contributed by atoms with Crippen LogP contribution in [0.5, 0.6) is 0 Å². The van der Waals surface area contributed by atoms with Crippen LogP contribution in [0.3, 0.4) is 0 Å². The maximum Gasteiger partial charge on any atom is 0.354 e. The van der Waals surface area contributed by atoms with E-state index in [0.29, 0.717) is 17.3 Å². The third-order valence-corrected chi connectivity index (χ3v) is 4.04. The Hall–Kier alpha value is -3.07. The Morgan fingerprint density at radius 3 is 2.80 bits per heavy atom. The van der Waals surface area contributed by atoms with Crippen molar-refractivity contribution in [3.8, 4) is 11.3 Å². The molecule has 25 heavy (non-hydrogen) atoms. The lowest BCUT2D eigenvalue weighted by atomic mass is 10.2. The number of amides is 1. The standard InChI is InChI=1S/C16H11F2N3O3S/c1-24-15(23)12-4-8(6-19-12)13-7-25-16(20-13)21-14(22)10-3-2-9(17)5-11(10)18/h2-7,19H,1H3,(H,20,21,22). The van der Waals surface area contributed by atoms with Gasteiger partial charge in [0.1, 0.15) is 17.3 Å². The number of carbonyl (C=O) groups is 2. The van der Waals surface area contributed by atoms with E-state index >= 15 is 0 Å². The number of H-pyrrole nitrogens is 1. The first-order valence-electron chi connectivity index (χ1n) is 6.97. The van der Waals surface area contributed by atoms with Crippen LogP contribution < -0.4 is 5.32 Å². The van der Waals surface area contributed by atoms with Gasteiger partial charge in [-0.3, -0.25) is 10.1 Å². The molecule has 0 saturated heterocycles. The summed E-state index contributed by atoms with van der Waals surface area (Å²) < 4.78 is 31.1. The SMILES string of the molecule is COC(=O)c1cc(-c2csc(NC(=O)c3ccc(F)cc3F)n2)c[nH]1. The van der Waals surface area contributed by atoms with Gasteiger partial charge in [0.25, 0.3) is 5.91 Å². The Balaban J connectivity index is 1.76. The fourth-order valence-corrected chi connectivity index (χ4v) is 2.79. The van der Waals surface area contributed by atoms with E-state index < -0.39 is 23.5 Å². The Morgan fingerprint density at radius 1 is 1.28 bits per heavy atom. The number of halogens is 2. The highest BCUT2D eigenvalue weighted by Gasteiger charge is 2.16. The first-order chi connectivity index (χ1) is 12.0. The number of benzene rings is 1. The molecule has 1 amide bonds. The zero-order valence-electron chi connectivity index (χ0n) is 12.8. The second-order valence-corrected chi connectivity index (χ2v) is 5.77. The summed E-state index contributed by atoms with van der Waals surface area (Å²) in [4.78, 5) is 30.5. The average Bonchev–Trinajstić information content (AvgIpc) is 3.23. The highest BCUT2D eigenvalue weighted by molar-refractivity contribution is 7.14. The minimum atomic E-state index is -0.956. The number of nitrogens with one attached hydrogen (secondary N) is 2. The van der Waals surface area contributed by atoms with Crippen LogP contribution in [0.15, 0.2) is 35.8 Å². The highest BCUT2D eigenvalue weighted by Crippen LogP contribution is 2.26. The molecule has 0 bridgehead atoms. The van der Waals surface area contributed by atoms with Crippen molar-refractivity contribution in [1.29, 1.82) is 0 Å². The molecule has 2 N–H and O–H groups in total. The number of hydrogen-bond donors (Lipinski definition) is 2. The largest absolute Gasteiger partial charge is 0.464 e. The molecule has 0 aliphatic heterocycles. The van der Waals surface area contributed by atoms with Crippen LogP contribution in [0.4, 0.5) is 13.9 Å². The van der Waals surface area contributed by atoms with Crippen molar-refractivity contribution in [2.45, 2.75) is 0 Å². The van der Waals surface area contributed by atoms with Crippen molar-refractivity contribution in [2.24, 2.45) is 0 Å². The lowest BCUT2D eigenvalue weighted by molar-refractivity contribution is 0.0594. The van der Waals surface area contributed by atoms with Crippen molar-refractivity contribution in [1.82, 2.24) is 9.97 Å². The fraction of sp³-hybridized carbons (Fsp3) is 0.0625. The van der Waals surface area contributed by atoms with Gasteiger partial charge in [-0.15, -0.1) is 11.3 Å². The van der Waals surface area contributed by atoms with Gasteiger partial charge in [-0.05, 0) is 18.2 Å². The summed E-state index contributed by atoms with van der Waals surface area (Å²) in [6, 6.07) is 4.26. The fourth-order valence-electron chi connectivity index (χ4n) is 2.07. The van der Waals surface area contributed by atoms with Crippen LogP contribution in [-0.2, 0) is 4.74 Å². The zero-order valence-corrected chi connectivity index (χ0v) is 13.6. The molecule has 2 aromatic heterocycles. The summed E-state index contributed by atoms with van der Waals surface area (Å²) in [5, 5.41) is 4.36. The minimum Gasteiger partial charge on any atom is -0.464 e. The predicted molar refractivity (Wildman–Crippen MR) is 87.6 cm³/mol. The highest BCUT2D eigenvalue weighted by atomic mass is 32.1. The zero-order chi connectivity index (χ0) is 18.0. The van der Waals surface area contributed by atoms with Crippen molar-refractivity contribution in [3.05, 3.63) is 58.7 Å². The summed E-state index contributed by atoms with van der Waals surface area (Å²) in [5.41, 5.74) is 1.13. The molecular weight excluding hydrogens is 352 g/mol. The lowest BCUT2D eigenvalue weighted by Crippen LogP contribution is -2.13. The number of methoxy groups -OCH3 is 1. The molecule has 2 heterocycles. The van der Waals surface area contributed by atoms with Gasteiger partial charge >= 0.3 is 5.97 Å². The monoisotopic (exact) mass is 363 g/mol. The molecule has 1 aromatic carbocycles. The van der Waals surface area contributed by atoms with Gasteiger partial charge in [-0.2, -0.15) is 0 Å². The van der Waals surface area contributed by atoms with Crippen LogP contribution in [0.25, 0.3) is 11.3 Å². The van der Waals surface area contributed by atoms with E-state index in [1.807, 2.05) is 0 Å². The van der Waals surface area contributed by atoms with Crippen LogP contribution in [0.2, 0.25) is 0 Å². The molecule has 0 aliphatic rings. The minimum absolute atomic E-state index is 0.240. The van der Waals surface area contributed by atoms with E-state index in [0.717, 1.165) is 23.5 Å². The number of hydrogen-bond acceptors (Lipinski definition) is 5. The van der Waals surface area contributed by atoms with Gasteiger partial charge in [0.15, 0.2) is 5.13 Å². The Labute approximate surface area is 144 Å². The van der Waals surface area contributed by atoms with Gasteiger partial charge in [0.05, 0.1) is 18.4 Å². The molecule has 9 heteroatoms. The molecular formula is C16H11F2N3O3S. The third kappa shape index (κ3) is 3.56. The van der Waals surface area contributed by atoms with Crippen LogP contribution >= 0.6 is 11.3 Å². The predicted octanol–water partition coefficient (Wildman–Crippen LogP) is 3.46. The Morgan fingerprint density at radius 2 is 2.08 bits per heavy atom. The number of carbonyl (C=O) groups excluding carboxylic acids is 2. The van der Waals surface area contributed by atoms with E-state index in [2.05, 4.69) is 20.0 Å². The molecule has 0 aliphatic carbocycles. The van der Waals surface area contributed by atoms with Crippen LogP contribution in [0.1, 0.15) is 20.8 Å². The molecule has 6 nitrogen and oxygen atoms in total. The van der Waals surface area contributed by atoms with Crippen molar-refractivity contribution in [2.75, 3.05) is 12.4 Å². The number of thiazole rings is 1. The van der Waals surface area contributed by atoms with Gasteiger partial charge in [-0.1, -0.05) is 0 Å². The normalized spacial score (nSPS) is 10.5. The first-order valence-corrected chi connectivity index (χ1v) is 7.85. The summed E-state index contributed by atoms with van der Waals surface area (Å²) in [6.07, 6.45) is 1.58. The molecule has 0 unspecified atom stereocenters. The van der Waals surface area contributed by atoms with Gasteiger partial charge in [-0.25, -0.2) is 18.6 Å². The lowest BCUT2D eigenvalue weighted by Gasteiger charge is -2.03. The molecule has 3 aromatic rings. The smallest absolute Gasteiger partial charge is 0.354 e. The number of aromatic amines is 1. The first kappa shape index (κ1) is 16.8. The topological polar surface area (TPSA) is 84.1 Å². The Kier molecular flexibility index (Phi) is 4.57. The maximum absolute atomic E-state index is 13.6. The quantitative estimate of drug-likeness (QED) is 0.696. The third-order valence-electron chi connectivity index (χ3n) is 3.28. The van der Waals surface area contributed by atoms with Crippen molar-refractivity contribution < 1.29 is 23.1 Å². The number of ether oxygens (including phenoxy) is 1. The van der Waals surface area contributed by atoms with Crippen LogP contribution in [0, 0.1) is 11.6 Å². The molecule has 0 saturated carbocycles. The molecule has 0 fully saturated rings.